The Morgan fingerprint density at radius 3 is 2.08 bits per heavy atom. The Hall–Kier alpha value is -9.06. The molecule has 4 aromatic carbocycles. The van der Waals surface area contributed by atoms with Gasteiger partial charge in [0.05, 0.1) is 49.8 Å². The standard InChI is InChI=1S/C52H35Cl2N5O12/c1-59(2)26-6-10-31-40(17-26)70-39-16-25(55)5-9-30(39)43(31)44-36(53)19-34(46(54)45(44)52(68)69)48(62)57-21-23-3-13-37(56-20-23)49(63)58-22-35-38(61)14-12-32-42(29-11-7-27(60)18-41(29)71-47(32)35)28-8-4-24(50(64)65)15-33(28)51(66)67/h3-20,55,60H,21-22H2,1-2H3,(H,57,62)(H,58,63)(H,64,65)(H,66,67)(H,68,69). The second-order valence-electron chi connectivity index (χ2n) is 16.4. The number of aromatic hydroxyl groups is 1. The number of aromatic carboxylic acids is 3. The molecule has 3 heterocycles. The number of phenolic OH excluding ortho intramolecular Hbond substituents is 1. The monoisotopic (exact) mass is 991 g/mol. The summed E-state index contributed by atoms with van der Waals surface area (Å²) in [5, 5.41) is 54.7. The summed E-state index contributed by atoms with van der Waals surface area (Å²) in [6.07, 6.45) is 1.32. The molecule has 0 radical (unpaired) electrons. The number of fused-ring (bicyclic) bond motifs is 4. The second kappa shape index (κ2) is 18.4. The second-order valence-corrected chi connectivity index (χ2v) is 17.2. The molecule has 0 atom stereocenters. The van der Waals surface area contributed by atoms with Crippen molar-refractivity contribution >= 4 is 80.6 Å². The van der Waals surface area contributed by atoms with Crippen molar-refractivity contribution < 1.29 is 53.2 Å². The zero-order valence-corrected chi connectivity index (χ0v) is 38.5. The molecule has 0 bridgehead atoms. The van der Waals surface area contributed by atoms with Crippen LogP contribution in [0.4, 0.5) is 5.69 Å². The van der Waals surface area contributed by atoms with Gasteiger partial charge in [0.15, 0.2) is 5.43 Å². The average Bonchev–Trinajstić information content (AvgIpc) is 3.33. The lowest BCUT2D eigenvalue weighted by Crippen LogP contribution is -2.27. The number of carbonyl (C=O) groups excluding carboxylic acids is 2. The van der Waals surface area contributed by atoms with Gasteiger partial charge in [-0.1, -0.05) is 35.3 Å². The number of aromatic nitrogens is 1. The van der Waals surface area contributed by atoms with Gasteiger partial charge in [-0.2, -0.15) is 0 Å². The Morgan fingerprint density at radius 2 is 1.38 bits per heavy atom. The first-order valence-corrected chi connectivity index (χ1v) is 22.0. The smallest absolute Gasteiger partial charge is 0.337 e. The molecule has 71 heavy (non-hydrogen) atoms. The minimum atomic E-state index is -1.46. The van der Waals surface area contributed by atoms with Crippen molar-refractivity contribution in [2.24, 2.45) is 0 Å². The number of carboxylic acid groups (broad SMARTS) is 3. The van der Waals surface area contributed by atoms with E-state index in [9.17, 15) is 49.2 Å². The number of pyridine rings is 1. The average molecular weight is 993 g/mol. The molecule has 2 aliphatic heterocycles. The lowest BCUT2D eigenvalue weighted by atomic mass is 9.88. The SMILES string of the molecule is CN(C)c1ccc2c(-c3c(Cl)cc(C(=O)NCc4ccc(C(=O)NCc5c6oc7cc(O)ccc7c(-c7ccc(C(=O)O)cc7C(=O)O)c-6ccc5=O)nc4)c(Cl)c3C(=O)O)c3ccc(=N)cc-3oc2c1. The van der Waals surface area contributed by atoms with E-state index in [2.05, 4.69) is 15.6 Å². The Labute approximate surface area is 410 Å². The zero-order chi connectivity index (χ0) is 50.6. The molecule has 19 heteroatoms. The predicted molar refractivity (Wildman–Crippen MR) is 262 cm³/mol. The van der Waals surface area contributed by atoms with E-state index in [0.29, 0.717) is 38.8 Å². The number of anilines is 1. The summed E-state index contributed by atoms with van der Waals surface area (Å²) in [4.78, 5) is 83.8. The summed E-state index contributed by atoms with van der Waals surface area (Å²) in [6.45, 7) is -0.530. The van der Waals surface area contributed by atoms with Crippen LogP contribution in [0.1, 0.15) is 63.0 Å². The van der Waals surface area contributed by atoms with Gasteiger partial charge >= 0.3 is 17.9 Å². The number of rotatable bonds is 12. The molecule has 354 valence electrons. The maximum atomic E-state index is 13.7. The van der Waals surface area contributed by atoms with E-state index in [1.165, 1.54) is 79.0 Å². The maximum Gasteiger partial charge on any atom is 0.337 e. The van der Waals surface area contributed by atoms with Crippen molar-refractivity contribution in [3.8, 4) is 50.7 Å². The zero-order valence-electron chi connectivity index (χ0n) is 37.0. The van der Waals surface area contributed by atoms with Gasteiger partial charge in [0, 0.05) is 89.3 Å². The first kappa shape index (κ1) is 47.0. The van der Waals surface area contributed by atoms with Crippen LogP contribution in [0, 0.1) is 5.41 Å². The highest BCUT2D eigenvalue weighted by molar-refractivity contribution is 6.41. The van der Waals surface area contributed by atoms with Crippen LogP contribution in [0.25, 0.3) is 66.8 Å². The van der Waals surface area contributed by atoms with Crippen LogP contribution in [0.5, 0.6) is 5.75 Å². The number of amides is 2. The number of nitrogens with zero attached hydrogens (tertiary/aromatic N) is 2. The largest absolute Gasteiger partial charge is 0.508 e. The van der Waals surface area contributed by atoms with Gasteiger partial charge in [0.2, 0.25) is 0 Å². The molecule has 5 aromatic rings. The van der Waals surface area contributed by atoms with Gasteiger partial charge in [0.25, 0.3) is 11.8 Å². The van der Waals surface area contributed by atoms with Gasteiger partial charge < -0.3 is 50.2 Å². The van der Waals surface area contributed by atoms with Gasteiger partial charge in [-0.3, -0.25) is 19.4 Å². The van der Waals surface area contributed by atoms with Crippen molar-refractivity contribution in [3.63, 3.8) is 0 Å². The number of nitrogens with one attached hydrogen (secondary N) is 3. The van der Waals surface area contributed by atoms with Crippen molar-refractivity contribution in [3.05, 3.63) is 174 Å². The van der Waals surface area contributed by atoms with Gasteiger partial charge in [-0.05, 0) is 83.9 Å². The number of halogens is 2. The summed E-state index contributed by atoms with van der Waals surface area (Å²) in [5.41, 5.74) is 1.27. The fourth-order valence-corrected chi connectivity index (χ4v) is 8.99. The molecule has 9 rings (SSSR count). The molecule has 0 unspecified atom stereocenters. The van der Waals surface area contributed by atoms with E-state index in [0.717, 1.165) is 11.8 Å². The fraction of sp³-hybridized carbons (Fsp3) is 0.0769. The highest BCUT2D eigenvalue weighted by Gasteiger charge is 2.30. The molecule has 0 fully saturated rings. The highest BCUT2D eigenvalue weighted by atomic mass is 35.5. The Bertz CT molecular complexity index is 3810. The van der Waals surface area contributed by atoms with E-state index >= 15 is 0 Å². The van der Waals surface area contributed by atoms with Gasteiger partial charge in [0.1, 0.15) is 34.1 Å². The molecule has 4 aliphatic rings. The van der Waals surface area contributed by atoms with Crippen molar-refractivity contribution in [1.29, 1.82) is 5.41 Å². The molecule has 17 nitrogen and oxygen atoms in total. The fourth-order valence-electron chi connectivity index (χ4n) is 8.37. The van der Waals surface area contributed by atoms with Crippen molar-refractivity contribution in [1.82, 2.24) is 15.6 Å². The molecule has 1 aromatic heterocycles. The van der Waals surface area contributed by atoms with Crippen LogP contribution in [0.2, 0.25) is 10.0 Å². The molecule has 0 saturated heterocycles. The lowest BCUT2D eigenvalue weighted by molar-refractivity contribution is 0.0682. The first-order valence-electron chi connectivity index (χ1n) is 21.2. The third kappa shape index (κ3) is 8.71. The van der Waals surface area contributed by atoms with Crippen LogP contribution >= 0.6 is 23.2 Å². The first-order chi connectivity index (χ1) is 33.9. The van der Waals surface area contributed by atoms with E-state index < -0.39 is 40.7 Å². The molecule has 2 amide bonds. The molecule has 0 spiro atoms. The molecular formula is C52H35Cl2N5O12. The Morgan fingerprint density at radius 1 is 0.676 bits per heavy atom. The molecule has 7 N–H and O–H groups in total. The third-order valence-electron chi connectivity index (χ3n) is 11.8. The van der Waals surface area contributed by atoms with E-state index in [1.807, 2.05) is 25.1 Å². The molecule has 0 saturated carbocycles. The topological polar surface area (TPSA) is 274 Å². The van der Waals surface area contributed by atoms with E-state index in [4.69, 9.17) is 37.4 Å². The predicted octanol–water partition coefficient (Wildman–Crippen LogP) is 8.99. The normalized spacial score (nSPS) is 11.3. The number of carbonyl (C=O) groups is 5. The minimum Gasteiger partial charge on any atom is -0.508 e. The summed E-state index contributed by atoms with van der Waals surface area (Å²) in [6, 6.07) is 24.5. The number of phenols is 1. The number of benzene rings is 6. The van der Waals surface area contributed by atoms with Crippen molar-refractivity contribution in [2.45, 2.75) is 13.1 Å². The summed E-state index contributed by atoms with van der Waals surface area (Å²) >= 11 is 13.7. The van der Waals surface area contributed by atoms with Crippen LogP contribution in [-0.4, -0.2) is 69.2 Å². The molecule has 2 aliphatic carbocycles. The quantitative estimate of drug-likeness (QED) is 0.0563. The minimum absolute atomic E-state index is 0.0270. The maximum absolute atomic E-state index is 13.7. The molecular weight excluding hydrogens is 958 g/mol. The lowest BCUT2D eigenvalue weighted by Gasteiger charge is -2.21. The van der Waals surface area contributed by atoms with Crippen LogP contribution in [0.15, 0.2) is 123 Å². The van der Waals surface area contributed by atoms with Crippen LogP contribution < -0.4 is 26.3 Å². The van der Waals surface area contributed by atoms with Gasteiger partial charge in [-0.15, -0.1) is 0 Å². The van der Waals surface area contributed by atoms with Crippen LogP contribution in [-0.2, 0) is 13.1 Å². The Kier molecular flexibility index (Phi) is 12.2. The van der Waals surface area contributed by atoms with E-state index in [-0.39, 0.29) is 95.8 Å². The summed E-state index contributed by atoms with van der Waals surface area (Å²) in [5.74, 6) is -5.62. The summed E-state index contributed by atoms with van der Waals surface area (Å²) in [7, 11) is 3.70. The summed E-state index contributed by atoms with van der Waals surface area (Å²) < 4.78 is 12.3. The highest BCUT2D eigenvalue weighted by Crippen LogP contribution is 2.47. The number of hydrogen-bond acceptors (Lipinski definition) is 12. The van der Waals surface area contributed by atoms with Gasteiger partial charge in [-0.25, -0.2) is 14.4 Å². The van der Waals surface area contributed by atoms with Crippen LogP contribution in [0.3, 0.4) is 0 Å². The number of hydrogen-bond donors (Lipinski definition) is 7. The van der Waals surface area contributed by atoms with Crippen molar-refractivity contribution in [2.75, 3.05) is 19.0 Å². The Balaban J connectivity index is 0.958. The van der Waals surface area contributed by atoms with E-state index in [1.54, 1.807) is 18.2 Å². The third-order valence-corrected chi connectivity index (χ3v) is 12.5. The number of carboxylic acids is 3.